The van der Waals surface area contributed by atoms with Crippen molar-refractivity contribution in [1.82, 2.24) is 0 Å². The molecule has 1 N–H and O–H groups in total. The first-order valence-electron chi connectivity index (χ1n) is 6.13. The summed E-state index contributed by atoms with van der Waals surface area (Å²) in [4.78, 5) is 24.8. The minimum Gasteiger partial charge on any atom is -0.474 e. The van der Waals surface area contributed by atoms with Crippen LogP contribution < -0.4 is 4.90 Å². The molecule has 0 saturated heterocycles. The first-order valence-corrected chi connectivity index (χ1v) is 7.11. The van der Waals surface area contributed by atoms with Gasteiger partial charge in [0.15, 0.2) is 0 Å². The Kier molecular flexibility index (Phi) is 3.58. The Morgan fingerprint density at radius 3 is 2.58 bits per heavy atom. The molecule has 1 aromatic rings. The number of hydrogen-bond donors (Lipinski definition) is 1. The zero-order valence-corrected chi connectivity index (χ0v) is 12.1. The van der Waals surface area contributed by atoms with E-state index in [9.17, 15) is 9.59 Å². The number of carbonyl (C=O) groups excluding carboxylic acids is 1. The van der Waals surface area contributed by atoms with Crippen molar-refractivity contribution in [2.24, 2.45) is 0 Å². The lowest BCUT2D eigenvalue weighted by molar-refractivity contribution is -0.148. The number of carboxylic acid groups (broad SMARTS) is 1. The first kappa shape index (κ1) is 13.9. The number of nitrogens with zero attached hydrogens (tertiary/aromatic N) is 1. The fourth-order valence-corrected chi connectivity index (χ4v) is 3.04. The smallest absolute Gasteiger partial charge is 0.394 e. The van der Waals surface area contributed by atoms with Gasteiger partial charge in [-0.2, -0.15) is 0 Å². The van der Waals surface area contributed by atoms with Gasteiger partial charge in [0.2, 0.25) is 0 Å². The molecular formula is C14H17NO3S. The second-order valence-corrected chi connectivity index (χ2v) is 6.68. The summed E-state index contributed by atoms with van der Waals surface area (Å²) in [6.07, 6.45) is 0. The molecule has 1 aromatic carbocycles. The third-order valence-corrected chi connectivity index (χ3v) is 4.14. The Morgan fingerprint density at radius 1 is 1.32 bits per heavy atom. The predicted molar refractivity (Wildman–Crippen MR) is 75.9 cm³/mol. The SMILES string of the molecule is CC(C)(C)c1ccc2c(c1)SCCN2C(=O)C(=O)O. The quantitative estimate of drug-likeness (QED) is 0.741. The summed E-state index contributed by atoms with van der Waals surface area (Å²) in [5.41, 5.74) is 1.93. The summed E-state index contributed by atoms with van der Waals surface area (Å²) < 4.78 is 0. The molecule has 0 atom stereocenters. The molecule has 19 heavy (non-hydrogen) atoms. The molecule has 1 amide bonds. The number of thioether (sulfide) groups is 1. The monoisotopic (exact) mass is 279 g/mol. The molecule has 1 heterocycles. The van der Waals surface area contributed by atoms with Crippen molar-refractivity contribution in [2.75, 3.05) is 17.2 Å². The molecule has 1 aliphatic rings. The van der Waals surface area contributed by atoms with Crippen molar-refractivity contribution in [3.63, 3.8) is 0 Å². The summed E-state index contributed by atoms with van der Waals surface area (Å²) in [5, 5.41) is 8.85. The molecule has 0 unspecified atom stereocenters. The van der Waals surface area contributed by atoms with Gasteiger partial charge in [-0.3, -0.25) is 4.79 Å². The van der Waals surface area contributed by atoms with Gasteiger partial charge < -0.3 is 10.0 Å². The van der Waals surface area contributed by atoms with E-state index in [1.165, 1.54) is 10.5 Å². The molecule has 5 heteroatoms. The van der Waals surface area contributed by atoms with Gasteiger partial charge in [0, 0.05) is 17.2 Å². The van der Waals surface area contributed by atoms with Gasteiger partial charge in [-0.15, -0.1) is 11.8 Å². The van der Waals surface area contributed by atoms with E-state index >= 15 is 0 Å². The second-order valence-electron chi connectivity index (χ2n) is 5.54. The zero-order valence-electron chi connectivity index (χ0n) is 11.3. The molecule has 4 nitrogen and oxygen atoms in total. The molecule has 0 aliphatic carbocycles. The molecule has 0 bridgehead atoms. The molecule has 1 aliphatic heterocycles. The molecule has 0 aromatic heterocycles. The van der Waals surface area contributed by atoms with Crippen molar-refractivity contribution in [2.45, 2.75) is 31.1 Å². The fraction of sp³-hybridized carbons (Fsp3) is 0.429. The number of anilines is 1. The zero-order chi connectivity index (χ0) is 14.2. The van der Waals surface area contributed by atoms with Crippen LogP contribution in [0.1, 0.15) is 26.3 Å². The number of carbonyl (C=O) groups is 2. The Morgan fingerprint density at radius 2 is 2.00 bits per heavy atom. The van der Waals surface area contributed by atoms with E-state index in [2.05, 4.69) is 26.8 Å². The number of amides is 1. The van der Waals surface area contributed by atoms with Crippen LogP contribution in [0.5, 0.6) is 0 Å². The topological polar surface area (TPSA) is 57.6 Å². The Bertz CT molecular complexity index is 534. The lowest BCUT2D eigenvalue weighted by Gasteiger charge is -2.29. The number of hydrogen-bond acceptors (Lipinski definition) is 3. The maximum absolute atomic E-state index is 11.7. The fourth-order valence-electron chi connectivity index (χ4n) is 2.01. The van der Waals surface area contributed by atoms with Gasteiger partial charge in [-0.05, 0) is 23.1 Å². The number of carboxylic acids is 1. The van der Waals surface area contributed by atoms with E-state index in [0.29, 0.717) is 12.2 Å². The van der Waals surface area contributed by atoms with Crippen molar-refractivity contribution in [3.8, 4) is 0 Å². The molecule has 102 valence electrons. The third-order valence-electron chi connectivity index (χ3n) is 3.12. The van der Waals surface area contributed by atoms with E-state index in [-0.39, 0.29) is 5.41 Å². The third kappa shape index (κ3) is 2.76. The average molecular weight is 279 g/mol. The minimum atomic E-state index is -1.40. The van der Waals surface area contributed by atoms with Crippen molar-refractivity contribution >= 4 is 29.3 Å². The number of benzene rings is 1. The van der Waals surface area contributed by atoms with E-state index in [0.717, 1.165) is 10.6 Å². The lowest BCUT2D eigenvalue weighted by atomic mass is 9.87. The summed E-state index contributed by atoms with van der Waals surface area (Å²) in [6.45, 7) is 6.82. The van der Waals surface area contributed by atoms with E-state index in [1.807, 2.05) is 12.1 Å². The van der Waals surface area contributed by atoms with Crippen molar-refractivity contribution < 1.29 is 14.7 Å². The molecular weight excluding hydrogens is 262 g/mol. The largest absolute Gasteiger partial charge is 0.474 e. The van der Waals surface area contributed by atoms with E-state index in [1.54, 1.807) is 11.8 Å². The molecule has 0 radical (unpaired) electrons. The maximum Gasteiger partial charge on any atom is 0.394 e. The molecule has 2 rings (SSSR count). The van der Waals surface area contributed by atoms with Crippen LogP contribution in [0.15, 0.2) is 23.1 Å². The number of fused-ring (bicyclic) bond motifs is 1. The van der Waals surface area contributed by atoms with Crippen LogP contribution in [0.25, 0.3) is 0 Å². The predicted octanol–water partition coefficient (Wildman–Crippen LogP) is 2.51. The highest BCUT2D eigenvalue weighted by Crippen LogP contribution is 2.37. The van der Waals surface area contributed by atoms with Gasteiger partial charge in [-0.1, -0.05) is 26.8 Å². The summed E-state index contributed by atoms with van der Waals surface area (Å²) in [7, 11) is 0. The van der Waals surface area contributed by atoms with Crippen LogP contribution in [0.3, 0.4) is 0 Å². The van der Waals surface area contributed by atoms with Crippen LogP contribution >= 0.6 is 11.8 Å². The van der Waals surface area contributed by atoms with Gasteiger partial charge in [0.05, 0.1) is 5.69 Å². The standard InChI is InChI=1S/C14H17NO3S/c1-14(2,3)9-4-5-10-11(8-9)19-7-6-15(10)12(16)13(17)18/h4-5,8H,6-7H2,1-3H3,(H,17,18). The van der Waals surface area contributed by atoms with Gasteiger partial charge in [0.1, 0.15) is 0 Å². The molecule has 0 fully saturated rings. The van der Waals surface area contributed by atoms with Crippen molar-refractivity contribution in [3.05, 3.63) is 23.8 Å². The summed E-state index contributed by atoms with van der Waals surface area (Å²) >= 11 is 1.67. The van der Waals surface area contributed by atoms with Crippen molar-refractivity contribution in [1.29, 1.82) is 0 Å². The second kappa shape index (κ2) is 4.89. The van der Waals surface area contributed by atoms with Crippen LogP contribution in [0, 0.1) is 0 Å². The highest BCUT2D eigenvalue weighted by atomic mass is 32.2. The van der Waals surface area contributed by atoms with Gasteiger partial charge in [0.25, 0.3) is 0 Å². The van der Waals surface area contributed by atoms with Crippen LogP contribution in [-0.4, -0.2) is 29.3 Å². The minimum absolute atomic E-state index is 0.0364. The lowest BCUT2D eigenvalue weighted by Crippen LogP contribution is -2.40. The Hall–Kier alpha value is -1.49. The normalized spacial score (nSPS) is 15.0. The summed E-state index contributed by atoms with van der Waals surface area (Å²) in [6, 6.07) is 5.87. The van der Waals surface area contributed by atoms with Crippen LogP contribution in [0.4, 0.5) is 5.69 Å². The number of rotatable bonds is 0. The highest BCUT2D eigenvalue weighted by Gasteiger charge is 2.28. The number of aliphatic carboxylic acids is 1. The highest BCUT2D eigenvalue weighted by molar-refractivity contribution is 7.99. The van der Waals surface area contributed by atoms with Gasteiger partial charge in [-0.25, -0.2) is 4.79 Å². The Labute approximate surface area is 116 Å². The maximum atomic E-state index is 11.7. The Balaban J connectivity index is 2.42. The van der Waals surface area contributed by atoms with E-state index < -0.39 is 11.9 Å². The van der Waals surface area contributed by atoms with Gasteiger partial charge >= 0.3 is 11.9 Å². The summed E-state index contributed by atoms with van der Waals surface area (Å²) in [5.74, 6) is -1.54. The first-order chi connectivity index (χ1) is 8.80. The molecule has 0 saturated carbocycles. The van der Waals surface area contributed by atoms with Crippen LogP contribution in [0.2, 0.25) is 0 Å². The molecule has 0 spiro atoms. The van der Waals surface area contributed by atoms with E-state index in [4.69, 9.17) is 5.11 Å². The average Bonchev–Trinajstić information content (AvgIpc) is 2.35. The van der Waals surface area contributed by atoms with Crippen LogP contribution in [-0.2, 0) is 15.0 Å².